The van der Waals surface area contributed by atoms with Crippen molar-refractivity contribution in [2.45, 2.75) is 6.18 Å². The first kappa shape index (κ1) is 15.5. The molecule has 1 N–H and O–H groups in total. The molecule has 24 heavy (non-hydrogen) atoms. The maximum absolute atomic E-state index is 13.2. The van der Waals surface area contributed by atoms with E-state index in [-0.39, 0.29) is 0 Å². The van der Waals surface area contributed by atoms with Crippen LogP contribution in [0.15, 0.2) is 35.8 Å². The molecular weight excluding hydrogens is 337 g/mol. The third kappa shape index (κ3) is 2.78. The number of halogens is 3. The SMILES string of the molecule is FC(F)(F)c1cc(-c2cc(N3CCOCC3)cs2)c2cc[nH]c2c1. The molecule has 0 bridgehead atoms. The fourth-order valence-electron chi connectivity index (χ4n) is 2.99. The average Bonchev–Trinajstić information content (AvgIpc) is 3.23. The molecule has 0 radical (unpaired) electrons. The van der Waals surface area contributed by atoms with Gasteiger partial charge in [-0.3, -0.25) is 0 Å². The van der Waals surface area contributed by atoms with Gasteiger partial charge in [-0.25, -0.2) is 0 Å². The van der Waals surface area contributed by atoms with Crippen molar-refractivity contribution in [3.8, 4) is 10.4 Å². The normalized spacial score (nSPS) is 16.0. The highest BCUT2D eigenvalue weighted by atomic mass is 32.1. The minimum atomic E-state index is -4.36. The lowest BCUT2D eigenvalue weighted by Crippen LogP contribution is -2.35. The standard InChI is InChI=1S/C17H15F3N2OS/c18-17(19,20)11-7-14(13-1-2-21-15(13)8-11)16-9-12(10-24-16)22-3-5-23-6-4-22/h1-2,7-10,21H,3-6H2. The summed E-state index contributed by atoms with van der Waals surface area (Å²) in [4.78, 5) is 5.93. The van der Waals surface area contributed by atoms with Gasteiger partial charge >= 0.3 is 6.18 Å². The van der Waals surface area contributed by atoms with Crippen LogP contribution in [0.25, 0.3) is 21.3 Å². The summed E-state index contributed by atoms with van der Waals surface area (Å²) in [6, 6.07) is 6.19. The first-order valence-electron chi connectivity index (χ1n) is 7.62. The maximum atomic E-state index is 13.2. The van der Waals surface area contributed by atoms with Gasteiger partial charge < -0.3 is 14.6 Å². The zero-order chi connectivity index (χ0) is 16.7. The number of anilines is 1. The Labute approximate surface area is 140 Å². The van der Waals surface area contributed by atoms with Crippen LogP contribution in [0.3, 0.4) is 0 Å². The second-order valence-corrected chi connectivity index (χ2v) is 6.64. The molecule has 1 saturated heterocycles. The number of aromatic nitrogens is 1. The van der Waals surface area contributed by atoms with Gasteiger partial charge in [0, 0.05) is 51.7 Å². The van der Waals surface area contributed by atoms with E-state index < -0.39 is 11.7 Å². The van der Waals surface area contributed by atoms with Crippen molar-refractivity contribution in [2.75, 3.05) is 31.2 Å². The Bertz CT molecular complexity index is 862. The molecule has 3 aromatic rings. The van der Waals surface area contributed by atoms with E-state index in [4.69, 9.17) is 4.74 Å². The Balaban J connectivity index is 1.78. The zero-order valence-electron chi connectivity index (χ0n) is 12.7. The fraction of sp³-hybridized carbons (Fsp3) is 0.294. The number of ether oxygens (including phenoxy) is 1. The van der Waals surface area contributed by atoms with E-state index >= 15 is 0 Å². The Kier molecular flexibility index (Phi) is 3.77. The number of alkyl halides is 3. The molecular formula is C17H15F3N2OS. The van der Waals surface area contributed by atoms with Gasteiger partial charge in [0.05, 0.1) is 18.8 Å². The van der Waals surface area contributed by atoms with Gasteiger partial charge in [0.2, 0.25) is 0 Å². The van der Waals surface area contributed by atoms with Crippen molar-refractivity contribution in [1.29, 1.82) is 0 Å². The van der Waals surface area contributed by atoms with Gasteiger partial charge in [-0.15, -0.1) is 11.3 Å². The van der Waals surface area contributed by atoms with Gasteiger partial charge in [0.25, 0.3) is 0 Å². The molecule has 4 rings (SSSR count). The Hall–Kier alpha value is -1.99. The van der Waals surface area contributed by atoms with Crippen molar-refractivity contribution >= 4 is 27.9 Å². The largest absolute Gasteiger partial charge is 0.416 e. The summed E-state index contributed by atoms with van der Waals surface area (Å²) in [5.74, 6) is 0. The van der Waals surface area contributed by atoms with Crippen molar-refractivity contribution in [3.63, 3.8) is 0 Å². The molecule has 1 aliphatic heterocycles. The summed E-state index contributed by atoms with van der Waals surface area (Å²) < 4.78 is 44.9. The average molecular weight is 352 g/mol. The molecule has 1 aliphatic rings. The van der Waals surface area contributed by atoms with E-state index in [1.165, 1.54) is 17.4 Å². The predicted octanol–water partition coefficient (Wildman–Crippen LogP) is 4.75. The second-order valence-electron chi connectivity index (χ2n) is 5.73. The van der Waals surface area contributed by atoms with Gasteiger partial charge in [-0.2, -0.15) is 13.2 Å². The molecule has 1 aromatic carbocycles. The number of fused-ring (bicyclic) bond motifs is 1. The van der Waals surface area contributed by atoms with Crippen LogP contribution in [0.4, 0.5) is 18.9 Å². The number of rotatable bonds is 2. The van der Waals surface area contributed by atoms with Gasteiger partial charge in [-0.05, 0) is 24.3 Å². The lowest BCUT2D eigenvalue weighted by atomic mass is 10.0. The highest BCUT2D eigenvalue weighted by molar-refractivity contribution is 7.14. The number of benzene rings is 1. The summed E-state index contributed by atoms with van der Waals surface area (Å²) in [5, 5.41) is 2.80. The van der Waals surface area contributed by atoms with E-state index in [1.54, 1.807) is 6.20 Å². The van der Waals surface area contributed by atoms with E-state index in [0.29, 0.717) is 24.3 Å². The lowest BCUT2D eigenvalue weighted by molar-refractivity contribution is -0.137. The molecule has 126 valence electrons. The van der Waals surface area contributed by atoms with Crippen LogP contribution >= 0.6 is 11.3 Å². The number of aromatic amines is 1. The molecule has 0 atom stereocenters. The Morgan fingerprint density at radius 3 is 2.67 bits per heavy atom. The minimum Gasteiger partial charge on any atom is -0.378 e. The van der Waals surface area contributed by atoms with E-state index in [9.17, 15) is 13.2 Å². The maximum Gasteiger partial charge on any atom is 0.416 e. The van der Waals surface area contributed by atoms with Crippen LogP contribution in [-0.2, 0) is 10.9 Å². The summed E-state index contributed by atoms with van der Waals surface area (Å²) in [6.07, 6.45) is -2.69. The molecule has 0 amide bonds. The fourth-order valence-corrected chi connectivity index (χ4v) is 3.94. The molecule has 1 fully saturated rings. The topological polar surface area (TPSA) is 28.3 Å². The Morgan fingerprint density at radius 1 is 1.12 bits per heavy atom. The first-order valence-corrected chi connectivity index (χ1v) is 8.50. The predicted molar refractivity (Wildman–Crippen MR) is 89.6 cm³/mol. The van der Waals surface area contributed by atoms with Crippen LogP contribution in [-0.4, -0.2) is 31.3 Å². The second kappa shape index (κ2) is 5.82. The molecule has 0 unspecified atom stereocenters. The van der Waals surface area contributed by atoms with Crippen molar-refractivity contribution < 1.29 is 17.9 Å². The highest BCUT2D eigenvalue weighted by Crippen LogP contribution is 2.40. The Morgan fingerprint density at radius 2 is 1.92 bits per heavy atom. The molecule has 3 heterocycles. The lowest BCUT2D eigenvalue weighted by Gasteiger charge is -2.27. The molecule has 0 aliphatic carbocycles. The minimum absolute atomic E-state index is 0.501. The molecule has 3 nitrogen and oxygen atoms in total. The number of hydrogen-bond donors (Lipinski definition) is 1. The number of thiophene rings is 1. The van der Waals surface area contributed by atoms with Crippen molar-refractivity contribution in [3.05, 3.63) is 41.4 Å². The van der Waals surface area contributed by atoms with Crippen LogP contribution in [0.1, 0.15) is 5.56 Å². The first-order chi connectivity index (χ1) is 11.5. The van der Waals surface area contributed by atoms with Gasteiger partial charge in [-0.1, -0.05) is 0 Å². The van der Waals surface area contributed by atoms with Crippen LogP contribution in [0, 0.1) is 0 Å². The molecule has 0 spiro atoms. The quantitative estimate of drug-likeness (QED) is 0.721. The van der Waals surface area contributed by atoms with E-state index in [1.807, 2.05) is 17.5 Å². The van der Waals surface area contributed by atoms with Gasteiger partial charge in [0.15, 0.2) is 0 Å². The van der Waals surface area contributed by atoms with E-state index in [2.05, 4.69) is 9.88 Å². The third-order valence-electron chi connectivity index (χ3n) is 4.22. The summed E-state index contributed by atoms with van der Waals surface area (Å²) in [5.41, 5.74) is 1.53. The van der Waals surface area contributed by atoms with Gasteiger partial charge in [0.1, 0.15) is 0 Å². The molecule has 2 aromatic heterocycles. The summed E-state index contributed by atoms with van der Waals surface area (Å²) in [7, 11) is 0. The smallest absolute Gasteiger partial charge is 0.378 e. The van der Waals surface area contributed by atoms with Crippen LogP contribution in [0.5, 0.6) is 0 Å². The molecule has 0 saturated carbocycles. The third-order valence-corrected chi connectivity index (χ3v) is 5.17. The van der Waals surface area contributed by atoms with Crippen LogP contribution < -0.4 is 4.90 Å². The summed E-state index contributed by atoms with van der Waals surface area (Å²) in [6.45, 7) is 2.96. The summed E-state index contributed by atoms with van der Waals surface area (Å²) >= 11 is 1.47. The van der Waals surface area contributed by atoms with Crippen LogP contribution in [0.2, 0.25) is 0 Å². The zero-order valence-corrected chi connectivity index (χ0v) is 13.5. The van der Waals surface area contributed by atoms with E-state index in [0.717, 1.165) is 35.1 Å². The van der Waals surface area contributed by atoms with Crippen molar-refractivity contribution in [1.82, 2.24) is 4.98 Å². The monoisotopic (exact) mass is 352 g/mol. The van der Waals surface area contributed by atoms with Crippen molar-refractivity contribution in [2.24, 2.45) is 0 Å². The number of hydrogen-bond acceptors (Lipinski definition) is 3. The number of nitrogens with zero attached hydrogens (tertiary/aromatic N) is 1. The number of morpholine rings is 1. The number of nitrogens with one attached hydrogen (secondary N) is 1. The molecule has 7 heteroatoms. The number of H-pyrrole nitrogens is 1. The highest BCUT2D eigenvalue weighted by Gasteiger charge is 2.32.